The molecule has 1 amide bonds. The van der Waals surface area contributed by atoms with Crippen LogP contribution in [-0.2, 0) is 20.7 Å². The number of hydrogen-bond donors (Lipinski definition) is 1. The molecule has 0 aliphatic carbocycles. The van der Waals surface area contributed by atoms with E-state index in [2.05, 4.69) is 41.4 Å². The van der Waals surface area contributed by atoms with Gasteiger partial charge in [-0.15, -0.1) is 0 Å². The topological polar surface area (TPSA) is 62.4 Å². The number of nitrogens with zero attached hydrogens (tertiary/aromatic N) is 1. The summed E-state index contributed by atoms with van der Waals surface area (Å²) in [5, 5.41) is 1.28. The zero-order chi connectivity index (χ0) is 24.6. The first-order chi connectivity index (χ1) is 15.7. The van der Waals surface area contributed by atoms with Crippen LogP contribution < -0.4 is 0 Å². The first-order valence-electron chi connectivity index (χ1n) is 11.8. The Kier molecular flexibility index (Phi) is 9.27. The van der Waals surface area contributed by atoms with Crippen molar-refractivity contribution < 1.29 is 14.3 Å². The van der Waals surface area contributed by atoms with E-state index in [9.17, 15) is 9.59 Å². The second kappa shape index (κ2) is 11.7. The predicted molar refractivity (Wildman–Crippen MR) is 135 cm³/mol. The molecule has 1 N–H and O–H groups in total. The molecule has 0 spiro atoms. The third-order valence-electron chi connectivity index (χ3n) is 5.22. The summed E-state index contributed by atoms with van der Waals surface area (Å²) in [5.41, 5.74) is 4.53. The molecule has 3 aromatic rings. The van der Waals surface area contributed by atoms with Crippen LogP contribution in [0.4, 0.5) is 0 Å². The summed E-state index contributed by atoms with van der Waals surface area (Å²) in [6.45, 7) is 13.6. The number of rotatable bonds is 2. The fourth-order valence-corrected chi connectivity index (χ4v) is 4.13. The lowest BCUT2D eigenvalue weighted by atomic mass is 9.92. The molecule has 2 heterocycles. The van der Waals surface area contributed by atoms with Gasteiger partial charge in [-0.05, 0) is 44.4 Å². The van der Waals surface area contributed by atoms with Crippen molar-refractivity contribution in [3.05, 3.63) is 71.4 Å². The molecule has 1 atom stereocenters. The highest BCUT2D eigenvalue weighted by Crippen LogP contribution is 2.38. The van der Waals surface area contributed by atoms with Crippen LogP contribution in [0.2, 0.25) is 0 Å². The van der Waals surface area contributed by atoms with Crippen molar-refractivity contribution in [1.29, 1.82) is 0 Å². The Balaban J connectivity index is 0.000000330. The Morgan fingerprint density at radius 1 is 1.03 bits per heavy atom. The van der Waals surface area contributed by atoms with E-state index in [1.54, 1.807) is 0 Å². The van der Waals surface area contributed by atoms with Crippen LogP contribution in [0.3, 0.4) is 0 Å². The third kappa shape index (κ3) is 6.70. The third-order valence-corrected chi connectivity index (χ3v) is 5.22. The largest absolute Gasteiger partial charge is 0.460 e. The Hall–Kier alpha value is -3.08. The molecular weight excluding hydrogens is 412 g/mol. The zero-order valence-electron chi connectivity index (χ0n) is 21.1. The highest BCUT2D eigenvalue weighted by Gasteiger charge is 2.33. The number of fused-ring (bicyclic) bond motifs is 3. The summed E-state index contributed by atoms with van der Waals surface area (Å²) in [6.07, 6.45) is 1.45. The molecule has 5 heteroatoms. The van der Waals surface area contributed by atoms with Crippen molar-refractivity contribution in [1.82, 2.24) is 9.88 Å². The number of esters is 1. The van der Waals surface area contributed by atoms with Crippen LogP contribution in [0.15, 0.2) is 54.6 Å². The van der Waals surface area contributed by atoms with E-state index in [1.165, 1.54) is 29.1 Å². The summed E-state index contributed by atoms with van der Waals surface area (Å²) in [4.78, 5) is 28.3. The second-order valence-electron chi connectivity index (χ2n) is 8.77. The monoisotopic (exact) mass is 450 g/mol. The lowest BCUT2D eigenvalue weighted by molar-refractivity contribution is -0.151. The number of ether oxygens (including phenoxy) is 1. The van der Waals surface area contributed by atoms with Gasteiger partial charge in [-0.3, -0.25) is 9.59 Å². The van der Waals surface area contributed by atoms with Gasteiger partial charge in [-0.2, -0.15) is 0 Å². The van der Waals surface area contributed by atoms with Crippen molar-refractivity contribution in [3.63, 3.8) is 0 Å². The fourth-order valence-electron chi connectivity index (χ4n) is 4.13. The molecule has 2 aromatic carbocycles. The van der Waals surface area contributed by atoms with E-state index in [-0.39, 0.29) is 23.5 Å². The van der Waals surface area contributed by atoms with Gasteiger partial charge in [0.2, 0.25) is 5.91 Å². The molecule has 0 bridgehead atoms. The molecule has 4 rings (SSSR count). The quantitative estimate of drug-likeness (QED) is 0.458. The van der Waals surface area contributed by atoms with E-state index >= 15 is 0 Å². The number of carbonyl (C=O) groups is 2. The fraction of sp³-hybridized carbons (Fsp3) is 0.429. The Morgan fingerprint density at radius 2 is 1.64 bits per heavy atom. The number of para-hydroxylation sites is 1. The van der Waals surface area contributed by atoms with Gasteiger partial charge in [0.25, 0.3) is 0 Å². The summed E-state index contributed by atoms with van der Waals surface area (Å²) >= 11 is 0. The number of carbonyl (C=O) groups excluding carboxylic acids is 2. The molecule has 0 saturated heterocycles. The van der Waals surface area contributed by atoms with Crippen molar-refractivity contribution >= 4 is 22.8 Å². The van der Waals surface area contributed by atoms with Gasteiger partial charge in [0, 0.05) is 36.5 Å². The Morgan fingerprint density at radius 3 is 2.18 bits per heavy atom. The molecule has 33 heavy (non-hydrogen) atoms. The van der Waals surface area contributed by atoms with E-state index in [0.717, 1.165) is 18.5 Å². The summed E-state index contributed by atoms with van der Waals surface area (Å²) < 4.78 is 4.80. The molecule has 0 saturated carbocycles. The van der Waals surface area contributed by atoms with Crippen molar-refractivity contribution in [2.75, 3.05) is 6.54 Å². The molecule has 1 unspecified atom stereocenters. The van der Waals surface area contributed by atoms with Crippen LogP contribution in [0.5, 0.6) is 0 Å². The Labute approximate surface area is 198 Å². The minimum absolute atomic E-state index is 0.0141. The Bertz CT molecular complexity index is 1050. The molecule has 178 valence electrons. The van der Waals surface area contributed by atoms with Crippen LogP contribution in [0.25, 0.3) is 10.9 Å². The van der Waals surface area contributed by atoms with Gasteiger partial charge >= 0.3 is 5.97 Å². The average molecular weight is 451 g/mol. The van der Waals surface area contributed by atoms with Crippen LogP contribution >= 0.6 is 0 Å². The second-order valence-corrected chi connectivity index (χ2v) is 8.77. The van der Waals surface area contributed by atoms with Gasteiger partial charge in [0.1, 0.15) is 5.60 Å². The number of amides is 1. The maximum atomic E-state index is 12.5. The minimum atomic E-state index is -0.328. The first-order valence-corrected chi connectivity index (χ1v) is 11.8. The predicted octanol–water partition coefficient (Wildman–Crippen LogP) is 6.43. The zero-order valence-corrected chi connectivity index (χ0v) is 21.1. The maximum absolute atomic E-state index is 12.5. The van der Waals surface area contributed by atoms with Gasteiger partial charge < -0.3 is 14.6 Å². The number of benzene rings is 2. The number of H-pyrrole nitrogens is 1. The van der Waals surface area contributed by atoms with Gasteiger partial charge in [0.15, 0.2) is 0 Å². The standard InChI is InChI=1S/C20H20N2O.C6H12O2.C2H6/c1-2-18(23)22-13-12-16-15-10-6-7-11-17(15)21-19(16)20(22)14-8-4-3-5-9-14;1-5(7)8-6(2,3)4;1-2/h3-11,20-21H,2,12-13H2,1H3;1-4H3;1-2H3. The molecule has 5 nitrogen and oxygen atoms in total. The lowest BCUT2D eigenvalue weighted by Crippen LogP contribution is -2.40. The van der Waals surface area contributed by atoms with E-state index in [1.807, 2.05) is 64.6 Å². The van der Waals surface area contributed by atoms with Crippen LogP contribution in [-0.4, -0.2) is 33.9 Å². The minimum Gasteiger partial charge on any atom is -0.460 e. The molecule has 1 aliphatic heterocycles. The highest BCUT2D eigenvalue weighted by molar-refractivity contribution is 5.86. The van der Waals surface area contributed by atoms with Gasteiger partial charge in [-0.25, -0.2) is 0 Å². The number of hydrogen-bond acceptors (Lipinski definition) is 3. The molecule has 0 fully saturated rings. The normalized spacial score (nSPS) is 14.9. The summed E-state index contributed by atoms with van der Waals surface area (Å²) in [5.74, 6) is -0.0133. The molecular formula is C28H38N2O3. The maximum Gasteiger partial charge on any atom is 0.303 e. The first kappa shape index (κ1) is 26.2. The molecule has 0 radical (unpaired) electrons. The van der Waals surface area contributed by atoms with E-state index in [4.69, 9.17) is 4.74 Å². The van der Waals surface area contributed by atoms with Crippen LogP contribution in [0, 0.1) is 0 Å². The van der Waals surface area contributed by atoms with Crippen molar-refractivity contribution in [2.24, 2.45) is 0 Å². The van der Waals surface area contributed by atoms with Gasteiger partial charge in [-0.1, -0.05) is 69.3 Å². The van der Waals surface area contributed by atoms with E-state index in [0.29, 0.717) is 6.42 Å². The van der Waals surface area contributed by atoms with Gasteiger partial charge in [0.05, 0.1) is 6.04 Å². The smallest absolute Gasteiger partial charge is 0.303 e. The molecule has 1 aliphatic rings. The molecule has 1 aromatic heterocycles. The summed E-state index contributed by atoms with van der Waals surface area (Å²) in [6, 6.07) is 18.7. The number of aromatic amines is 1. The van der Waals surface area contributed by atoms with E-state index < -0.39 is 0 Å². The van der Waals surface area contributed by atoms with Crippen molar-refractivity contribution in [2.45, 2.75) is 73.0 Å². The average Bonchev–Trinajstić information content (AvgIpc) is 3.17. The summed E-state index contributed by atoms with van der Waals surface area (Å²) in [7, 11) is 0. The number of aromatic nitrogens is 1. The lowest BCUT2D eigenvalue weighted by Gasteiger charge is -2.36. The number of nitrogens with one attached hydrogen (secondary N) is 1. The highest BCUT2D eigenvalue weighted by atomic mass is 16.6. The van der Waals surface area contributed by atoms with Crippen molar-refractivity contribution in [3.8, 4) is 0 Å². The SMILES string of the molecule is CC.CC(=O)OC(C)(C)C.CCC(=O)N1CCc2c([nH]c3ccccc23)C1c1ccccc1. The van der Waals surface area contributed by atoms with Crippen LogP contribution in [0.1, 0.15) is 77.7 Å².